The third-order valence-electron chi connectivity index (χ3n) is 4.92. The number of rotatable bonds is 5. The number of hydrazine groups is 1. The molecule has 0 aromatic carbocycles. The number of hydrazone groups is 1. The van der Waals surface area contributed by atoms with Crippen molar-refractivity contribution in [1.82, 2.24) is 15.4 Å². The maximum atomic E-state index is 13.7. The van der Waals surface area contributed by atoms with Gasteiger partial charge in [0.25, 0.3) is 11.6 Å². The van der Waals surface area contributed by atoms with Crippen LogP contribution in [0, 0.1) is 0 Å². The lowest BCUT2D eigenvalue weighted by Crippen LogP contribution is -2.56. The quantitative estimate of drug-likeness (QED) is 0.609. The first-order valence-corrected chi connectivity index (χ1v) is 9.48. The Balaban J connectivity index is 1.53. The molecule has 8 nitrogen and oxygen atoms in total. The van der Waals surface area contributed by atoms with Crippen molar-refractivity contribution >= 4 is 17.4 Å². The minimum atomic E-state index is -5.15. The lowest BCUT2D eigenvalue weighted by molar-refractivity contribution is -0.297. The van der Waals surface area contributed by atoms with E-state index in [0.29, 0.717) is 5.82 Å². The number of aliphatic hydroxyl groups is 1. The van der Waals surface area contributed by atoms with Crippen LogP contribution in [0.25, 0.3) is 0 Å². The Morgan fingerprint density at radius 2 is 2.00 bits per heavy atom. The maximum Gasteiger partial charge on any atom is 0.438 e. The Morgan fingerprint density at radius 3 is 2.59 bits per heavy atom. The van der Waals surface area contributed by atoms with E-state index in [1.807, 2.05) is 31.2 Å². The first-order valence-electron chi connectivity index (χ1n) is 9.48. The third kappa shape index (κ3) is 3.89. The number of furan rings is 1. The Hall–Kier alpha value is -3.86. The first kappa shape index (κ1) is 21.4. The molecule has 0 saturated heterocycles. The highest BCUT2D eigenvalue weighted by atomic mass is 19.4. The van der Waals surface area contributed by atoms with Crippen LogP contribution >= 0.6 is 0 Å². The van der Waals surface area contributed by atoms with Crippen molar-refractivity contribution in [3.05, 3.63) is 83.6 Å². The summed E-state index contributed by atoms with van der Waals surface area (Å²) in [6.07, 6.45) is 3.86. The lowest BCUT2D eigenvalue weighted by Gasteiger charge is -2.32. The molecule has 2 aromatic heterocycles. The van der Waals surface area contributed by atoms with E-state index in [-0.39, 0.29) is 22.0 Å². The summed E-state index contributed by atoms with van der Waals surface area (Å²) in [5.74, 6) is -0.791. The zero-order valence-electron chi connectivity index (χ0n) is 16.7. The van der Waals surface area contributed by atoms with Crippen molar-refractivity contribution in [3.8, 4) is 0 Å². The third-order valence-corrected chi connectivity index (χ3v) is 4.92. The van der Waals surface area contributed by atoms with E-state index in [9.17, 15) is 23.1 Å². The van der Waals surface area contributed by atoms with E-state index >= 15 is 0 Å². The maximum absolute atomic E-state index is 13.7. The lowest BCUT2D eigenvalue weighted by atomic mass is 10.0. The summed E-state index contributed by atoms with van der Waals surface area (Å²) < 4.78 is 46.0. The second kappa shape index (κ2) is 8.00. The first-order chi connectivity index (χ1) is 15.2. The van der Waals surface area contributed by atoms with Crippen molar-refractivity contribution in [1.29, 1.82) is 0 Å². The molecule has 3 N–H and O–H groups in total. The van der Waals surface area contributed by atoms with Gasteiger partial charge in [-0.15, -0.1) is 0 Å². The molecule has 0 bridgehead atoms. The molecule has 1 aliphatic heterocycles. The summed E-state index contributed by atoms with van der Waals surface area (Å²) in [4.78, 5) is 16.8. The summed E-state index contributed by atoms with van der Waals surface area (Å²) in [5, 5.41) is 14.1. The predicted octanol–water partition coefficient (Wildman–Crippen LogP) is 3.49. The van der Waals surface area contributed by atoms with Gasteiger partial charge in [0.15, 0.2) is 0 Å². The van der Waals surface area contributed by atoms with Gasteiger partial charge < -0.3 is 14.9 Å². The smallest absolute Gasteiger partial charge is 0.438 e. The zero-order chi connectivity index (χ0) is 22.9. The number of hydrogen-bond acceptors (Lipinski definition) is 7. The molecular formula is C21H18F3N5O3. The molecule has 1 unspecified atom stereocenters. The molecule has 1 aliphatic carbocycles. The second-order valence-electron chi connectivity index (χ2n) is 7.11. The minimum Gasteiger partial charge on any atom is -0.463 e. The van der Waals surface area contributed by atoms with E-state index in [4.69, 9.17) is 4.42 Å². The monoisotopic (exact) mass is 445 g/mol. The summed E-state index contributed by atoms with van der Waals surface area (Å²) in [6, 6.07) is 5.56. The number of amides is 1. The van der Waals surface area contributed by atoms with Crippen LogP contribution in [0.15, 0.2) is 81.8 Å². The molecule has 166 valence electrons. The van der Waals surface area contributed by atoms with Crippen LogP contribution in [0.2, 0.25) is 0 Å². The highest BCUT2D eigenvalue weighted by molar-refractivity contribution is 6.03. The van der Waals surface area contributed by atoms with Crippen LogP contribution in [0.1, 0.15) is 29.5 Å². The molecule has 0 radical (unpaired) electrons. The van der Waals surface area contributed by atoms with Gasteiger partial charge in [-0.05, 0) is 36.8 Å². The number of aromatic nitrogens is 1. The Bertz CT molecular complexity index is 1120. The molecule has 2 aliphatic rings. The van der Waals surface area contributed by atoms with Gasteiger partial charge in [0.05, 0.1) is 18.2 Å². The fraction of sp³-hybridized carbons (Fsp3) is 0.190. The number of nitrogens with zero attached hydrogens (tertiary/aromatic N) is 3. The van der Waals surface area contributed by atoms with Gasteiger partial charge in [-0.25, -0.2) is 4.98 Å². The number of halogens is 3. The largest absolute Gasteiger partial charge is 0.463 e. The number of nitrogens with one attached hydrogen (secondary N) is 2. The summed E-state index contributed by atoms with van der Waals surface area (Å²) in [5.41, 5.74) is 3.70. The highest BCUT2D eigenvalue weighted by Crippen LogP contribution is 2.42. The van der Waals surface area contributed by atoms with Crippen LogP contribution in [0.5, 0.6) is 0 Å². The van der Waals surface area contributed by atoms with Gasteiger partial charge in [0, 0.05) is 11.9 Å². The van der Waals surface area contributed by atoms with Crippen LogP contribution in [0.4, 0.5) is 19.0 Å². The van der Waals surface area contributed by atoms with Crippen molar-refractivity contribution in [3.63, 3.8) is 0 Å². The van der Waals surface area contributed by atoms with Crippen molar-refractivity contribution in [2.75, 3.05) is 5.43 Å². The Morgan fingerprint density at radius 1 is 1.25 bits per heavy atom. The van der Waals surface area contributed by atoms with Crippen LogP contribution in [-0.4, -0.2) is 38.6 Å². The summed E-state index contributed by atoms with van der Waals surface area (Å²) >= 11 is 0. The molecule has 11 heteroatoms. The number of pyridine rings is 1. The SMILES string of the molecule is CC(NNc1ccc(C(=O)N2N=C(c3ccco3)CC2(O)C(F)(F)F)cn1)=C1C=CC=C1. The Labute approximate surface area is 180 Å². The van der Waals surface area contributed by atoms with E-state index in [1.54, 1.807) is 0 Å². The molecule has 0 saturated carbocycles. The zero-order valence-corrected chi connectivity index (χ0v) is 16.7. The molecule has 32 heavy (non-hydrogen) atoms. The summed E-state index contributed by atoms with van der Waals surface area (Å²) in [7, 11) is 0. The molecule has 4 rings (SSSR count). The van der Waals surface area contributed by atoms with E-state index in [2.05, 4.69) is 20.9 Å². The molecular weight excluding hydrogens is 427 g/mol. The second-order valence-corrected chi connectivity index (χ2v) is 7.11. The normalized spacial score (nSPS) is 20.0. The van der Waals surface area contributed by atoms with E-state index in [0.717, 1.165) is 17.5 Å². The van der Waals surface area contributed by atoms with Gasteiger partial charge in [-0.1, -0.05) is 24.3 Å². The minimum absolute atomic E-state index is 0.0283. The fourth-order valence-corrected chi connectivity index (χ4v) is 3.13. The number of carbonyl (C=O) groups is 1. The van der Waals surface area contributed by atoms with Crippen molar-refractivity contribution in [2.45, 2.75) is 25.2 Å². The molecule has 0 spiro atoms. The molecule has 0 fully saturated rings. The number of anilines is 1. The van der Waals surface area contributed by atoms with Gasteiger partial charge in [-0.2, -0.15) is 23.3 Å². The van der Waals surface area contributed by atoms with Crippen LogP contribution < -0.4 is 10.9 Å². The molecule has 1 atom stereocenters. The van der Waals surface area contributed by atoms with Crippen LogP contribution in [-0.2, 0) is 0 Å². The molecule has 3 heterocycles. The van der Waals surface area contributed by atoms with Gasteiger partial charge in [0.1, 0.15) is 17.3 Å². The Kier molecular flexibility index (Phi) is 5.35. The van der Waals surface area contributed by atoms with Gasteiger partial charge >= 0.3 is 6.18 Å². The standard InChI is InChI=1S/C21H18F3N5O3/c1-13(14-5-2-3-6-14)26-27-18-9-8-15(12-25-18)19(30)29-20(31,21(22,23)24)11-16(28-29)17-7-4-10-32-17/h2-10,12,26,31H,11H2,1H3,(H,25,27). The topological polar surface area (TPSA) is 103 Å². The van der Waals surface area contributed by atoms with Crippen LogP contribution in [0.3, 0.4) is 0 Å². The molecule has 1 amide bonds. The van der Waals surface area contributed by atoms with E-state index in [1.165, 1.54) is 30.5 Å². The van der Waals surface area contributed by atoms with Gasteiger partial charge in [-0.3, -0.25) is 10.2 Å². The van der Waals surface area contributed by atoms with E-state index < -0.39 is 24.2 Å². The highest BCUT2D eigenvalue weighted by Gasteiger charge is 2.63. The average molecular weight is 445 g/mol. The van der Waals surface area contributed by atoms with Crippen molar-refractivity contribution < 1.29 is 27.5 Å². The fourth-order valence-electron chi connectivity index (χ4n) is 3.13. The van der Waals surface area contributed by atoms with Gasteiger partial charge in [0.2, 0.25) is 0 Å². The number of allylic oxidation sites excluding steroid dienone is 6. The predicted molar refractivity (Wildman–Crippen MR) is 109 cm³/mol. The molecule has 2 aromatic rings. The number of hydrogen-bond donors (Lipinski definition) is 3. The number of carbonyl (C=O) groups excluding carboxylic acids is 1. The average Bonchev–Trinajstić information content (AvgIpc) is 3.52. The number of alkyl halides is 3. The van der Waals surface area contributed by atoms with Crippen molar-refractivity contribution in [2.24, 2.45) is 5.10 Å². The summed E-state index contributed by atoms with van der Waals surface area (Å²) in [6.45, 7) is 1.85.